The van der Waals surface area contributed by atoms with Gasteiger partial charge in [-0.2, -0.15) is 0 Å². The molecule has 1 aromatic rings. The predicted molar refractivity (Wildman–Crippen MR) is 81.2 cm³/mol. The average Bonchev–Trinajstić information content (AvgIpc) is 2.29. The Balaban J connectivity index is 2.21. The molecule has 0 aliphatic rings. The highest BCUT2D eigenvalue weighted by Crippen LogP contribution is 2.13. The first-order valence-corrected chi connectivity index (χ1v) is 7.35. The number of anilines is 1. The fourth-order valence-corrected chi connectivity index (χ4v) is 2.22. The van der Waals surface area contributed by atoms with Crippen molar-refractivity contribution in [2.75, 3.05) is 5.32 Å². The van der Waals surface area contributed by atoms with Crippen LogP contribution in [-0.2, 0) is 4.79 Å². The maximum atomic E-state index is 11.6. The quantitative estimate of drug-likeness (QED) is 0.568. The lowest BCUT2D eigenvalue weighted by atomic mass is 10.1. The Morgan fingerprint density at radius 2 is 2.00 bits per heavy atom. The zero-order valence-electron chi connectivity index (χ0n) is 10.3. The molecule has 0 unspecified atom stereocenters. The molecule has 0 atom stereocenters. The van der Waals surface area contributed by atoms with E-state index in [0.29, 0.717) is 6.42 Å². The molecule has 0 fully saturated rings. The van der Waals surface area contributed by atoms with Crippen molar-refractivity contribution in [2.24, 2.45) is 0 Å². The number of halogens is 1. The van der Waals surface area contributed by atoms with Crippen LogP contribution >= 0.6 is 22.6 Å². The molecular formula is C14H20INO. The van der Waals surface area contributed by atoms with Crippen LogP contribution in [0.2, 0.25) is 0 Å². The Morgan fingerprint density at radius 3 is 2.71 bits per heavy atom. The van der Waals surface area contributed by atoms with Crippen LogP contribution in [0.15, 0.2) is 24.3 Å². The lowest BCUT2D eigenvalue weighted by Gasteiger charge is -2.05. The normalized spacial score (nSPS) is 10.2. The Hall–Kier alpha value is -0.580. The number of hydrogen-bond acceptors (Lipinski definition) is 1. The highest BCUT2D eigenvalue weighted by molar-refractivity contribution is 14.1. The van der Waals surface area contributed by atoms with E-state index in [2.05, 4.69) is 34.8 Å². The van der Waals surface area contributed by atoms with Gasteiger partial charge in [0.25, 0.3) is 0 Å². The molecule has 0 aliphatic heterocycles. The van der Waals surface area contributed by atoms with Crippen LogP contribution < -0.4 is 5.32 Å². The minimum Gasteiger partial charge on any atom is -0.326 e. The van der Waals surface area contributed by atoms with Crippen molar-refractivity contribution in [1.29, 1.82) is 0 Å². The maximum absolute atomic E-state index is 11.6. The van der Waals surface area contributed by atoms with Gasteiger partial charge in [-0.3, -0.25) is 4.79 Å². The number of unbranched alkanes of at least 4 members (excludes halogenated alkanes) is 4. The number of rotatable bonds is 7. The van der Waals surface area contributed by atoms with E-state index in [-0.39, 0.29) is 5.91 Å². The van der Waals surface area contributed by atoms with E-state index in [1.54, 1.807) is 0 Å². The molecule has 0 saturated carbocycles. The molecule has 0 bridgehead atoms. The number of carbonyl (C=O) groups excluding carboxylic acids is 1. The molecule has 1 rings (SSSR count). The van der Waals surface area contributed by atoms with E-state index in [1.165, 1.54) is 19.3 Å². The molecule has 0 radical (unpaired) electrons. The summed E-state index contributed by atoms with van der Waals surface area (Å²) in [5.74, 6) is 0.128. The van der Waals surface area contributed by atoms with Gasteiger partial charge in [-0.25, -0.2) is 0 Å². The SMILES string of the molecule is CCCCCCCC(=O)Nc1cccc(I)c1. The zero-order valence-corrected chi connectivity index (χ0v) is 12.5. The van der Waals surface area contributed by atoms with Gasteiger partial charge in [-0.1, -0.05) is 38.7 Å². The van der Waals surface area contributed by atoms with E-state index < -0.39 is 0 Å². The molecule has 17 heavy (non-hydrogen) atoms. The first-order valence-electron chi connectivity index (χ1n) is 6.28. The monoisotopic (exact) mass is 345 g/mol. The van der Waals surface area contributed by atoms with Crippen molar-refractivity contribution in [3.63, 3.8) is 0 Å². The summed E-state index contributed by atoms with van der Waals surface area (Å²) in [6, 6.07) is 7.88. The van der Waals surface area contributed by atoms with Crippen molar-refractivity contribution < 1.29 is 4.79 Å². The van der Waals surface area contributed by atoms with Crippen LogP contribution in [-0.4, -0.2) is 5.91 Å². The molecule has 0 aliphatic carbocycles. The van der Waals surface area contributed by atoms with E-state index in [9.17, 15) is 4.79 Å². The van der Waals surface area contributed by atoms with Gasteiger partial charge in [0, 0.05) is 15.7 Å². The van der Waals surface area contributed by atoms with Gasteiger partial charge >= 0.3 is 0 Å². The van der Waals surface area contributed by atoms with Gasteiger partial charge in [-0.05, 0) is 47.2 Å². The second kappa shape index (κ2) is 8.50. The zero-order chi connectivity index (χ0) is 12.5. The Bertz CT molecular complexity index is 352. The number of hydrogen-bond donors (Lipinski definition) is 1. The summed E-state index contributed by atoms with van der Waals surface area (Å²) in [7, 11) is 0. The summed E-state index contributed by atoms with van der Waals surface area (Å²) < 4.78 is 1.14. The minimum absolute atomic E-state index is 0.128. The third-order valence-electron chi connectivity index (χ3n) is 2.62. The summed E-state index contributed by atoms with van der Waals surface area (Å²) in [4.78, 5) is 11.6. The summed E-state index contributed by atoms with van der Waals surface area (Å²) in [5, 5.41) is 2.93. The van der Waals surface area contributed by atoms with E-state index in [1.807, 2.05) is 24.3 Å². The largest absolute Gasteiger partial charge is 0.326 e. The first kappa shape index (κ1) is 14.5. The van der Waals surface area contributed by atoms with Crippen molar-refractivity contribution >= 4 is 34.2 Å². The second-order valence-corrected chi connectivity index (χ2v) is 5.47. The van der Waals surface area contributed by atoms with Gasteiger partial charge in [0.15, 0.2) is 0 Å². The Labute approximate surface area is 117 Å². The number of carbonyl (C=O) groups is 1. The van der Waals surface area contributed by atoms with Crippen molar-refractivity contribution in [2.45, 2.75) is 45.4 Å². The average molecular weight is 345 g/mol. The first-order chi connectivity index (χ1) is 8.22. The van der Waals surface area contributed by atoms with Crippen molar-refractivity contribution in [1.82, 2.24) is 0 Å². The predicted octanol–water partition coefficient (Wildman–Crippen LogP) is 4.59. The van der Waals surface area contributed by atoms with Crippen LogP contribution in [0.3, 0.4) is 0 Å². The molecule has 0 saturated heterocycles. The number of benzene rings is 1. The third kappa shape index (κ3) is 6.66. The smallest absolute Gasteiger partial charge is 0.224 e. The van der Waals surface area contributed by atoms with Crippen molar-refractivity contribution in [3.05, 3.63) is 27.8 Å². The van der Waals surface area contributed by atoms with Gasteiger partial charge in [0.1, 0.15) is 0 Å². The molecule has 0 heterocycles. The molecular weight excluding hydrogens is 325 g/mol. The standard InChI is InChI=1S/C14H20INO/c1-2-3-4-5-6-10-14(17)16-13-9-7-8-12(15)11-13/h7-9,11H,2-6,10H2,1H3,(H,16,17). The highest BCUT2D eigenvalue weighted by atomic mass is 127. The summed E-state index contributed by atoms with van der Waals surface area (Å²) in [6.45, 7) is 2.20. The van der Waals surface area contributed by atoms with Gasteiger partial charge in [0.05, 0.1) is 0 Å². The topological polar surface area (TPSA) is 29.1 Å². The van der Waals surface area contributed by atoms with Gasteiger partial charge in [0.2, 0.25) is 5.91 Å². The Morgan fingerprint density at radius 1 is 1.24 bits per heavy atom. The molecule has 2 nitrogen and oxygen atoms in total. The van der Waals surface area contributed by atoms with Crippen LogP contribution in [0.4, 0.5) is 5.69 Å². The van der Waals surface area contributed by atoms with E-state index >= 15 is 0 Å². The maximum Gasteiger partial charge on any atom is 0.224 e. The fraction of sp³-hybridized carbons (Fsp3) is 0.500. The van der Waals surface area contributed by atoms with Gasteiger partial charge in [-0.15, -0.1) is 0 Å². The van der Waals surface area contributed by atoms with Crippen LogP contribution in [0.25, 0.3) is 0 Å². The molecule has 0 spiro atoms. The molecule has 1 amide bonds. The third-order valence-corrected chi connectivity index (χ3v) is 3.29. The fourth-order valence-electron chi connectivity index (χ4n) is 1.68. The highest BCUT2D eigenvalue weighted by Gasteiger charge is 2.02. The number of nitrogens with one attached hydrogen (secondary N) is 1. The summed E-state index contributed by atoms with van der Waals surface area (Å²) >= 11 is 2.24. The molecule has 94 valence electrons. The van der Waals surface area contributed by atoms with Gasteiger partial charge < -0.3 is 5.32 Å². The van der Waals surface area contributed by atoms with Crippen LogP contribution in [0.5, 0.6) is 0 Å². The van der Waals surface area contributed by atoms with Crippen LogP contribution in [0.1, 0.15) is 45.4 Å². The van der Waals surface area contributed by atoms with E-state index in [0.717, 1.165) is 22.1 Å². The van der Waals surface area contributed by atoms with Crippen LogP contribution in [0, 0.1) is 3.57 Å². The number of amides is 1. The molecule has 1 N–H and O–H groups in total. The summed E-state index contributed by atoms with van der Waals surface area (Å²) in [5.41, 5.74) is 0.899. The second-order valence-electron chi connectivity index (χ2n) is 4.22. The minimum atomic E-state index is 0.128. The summed E-state index contributed by atoms with van der Waals surface area (Å²) in [6.07, 6.45) is 6.55. The molecule has 3 heteroatoms. The lowest BCUT2D eigenvalue weighted by Crippen LogP contribution is -2.11. The van der Waals surface area contributed by atoms with E-state index in [4.69, 9.17) is 0 Å². The molecule has 0 aromatic heterocycles. The Kier molecular flexibility index (Phi) is 7.24. The molecule has 1 aromatic carbocycles. The lowest BCUT2D eigenvalue weighted by molar-refractivity contribution is -0.116. The van der Waals surface area contributed by atoms with Crippen molar-refractivity contribution in [3.8, 4) is 0 Å².